The molecule has 0 spiro atoms. The number of ether oxygens (including phenoxy) is 4. The van der Waals surface area contributed by atoms with Gasteiger partial charge in [0, 0.05) is 41.2 Å². The number of halogens is 2. The highest BCUT2D eigenvalue weighted by atomic mass is 35.5. The average Bonchev–Trinajstić information content (AvgIpc) is 3.62. The normalized spacial score (nSPS) is 14.3. The Morgan fingerprint density at radius 1 is 0.966 bits per heavy atom. The molecule has 0 aliphatic carbocycles. The van der Waals surface area contributed by atoms with Gasteiger partial charge in [-0.2, -0.15) is 0 Å². The van der Waals surface area contributed by atoms with Gasteiger partial charge in [-0.15, -0.1) is 11.3 Å². The topological polar surface area (TPSA) is 109 Å². The van der Waals surface area contributed by atoms with Gasteiger partial charge in [0.1, 0.15) is 35.1 Å². The summed E-state index contributed by atoms with van der Waals surface area (Å²) >= 11 is 8.61. The van der Waals surface area contributed by atoms with Crippen molar-refractivity contribution >= 4 is 39.1 Å². The summed E-state index contributed by atoms with van der Waals surface area (Å²) < 4.78 is 38.5. The molecule has 13 heteroatoms. The maximum Gasteiger partial charge on any atom is 0.347 e. The monoisotopic (exact) mass is 815 g/mol. The van der Waals surface area contributed by atoms with Crippen LogP contribution in [0.4, 0.5) is 4.39 Å². The molecular weight excluding hydrogens is 777 g/mol. The maximum atomic E-state index is 14.2. The van der Waals surface area contributed by atoms with E-state index in [1.165, 1.54) is 29.8 Å². The first-order valence-corrected chi connectivity index (χ1v) is 19.9. The zero-order chi connectivity index (χ0) is 40.3. The summed E-state index contributed by atoms with van der Waals surface area (Å²) in [5, 5.41) is 1.24. The van der Waals surface area contributed by atoms with E-state index in [-0.39, 0.29) is 31.3 Å². The Kier molecular flexibility index (Phi) is 11.3. The molecule has 4 aromatic carbocycles. The van der Waals surface area contributed by atoms with Crippen LogP contribution in [0.2, 0.25) is 5.02 Å². The third kappa shape index (κ3) is 7.95. The quantitative estimate of drug-likeness (QED) is 0.138. The third-order valence-electron chi connectivity index (χ3n) is 9.96. The zero-order valence-electron chi connectivity index (χ0n) is 32.3. The Bertz CT molecular complexity index is 2640. The molecule has 294 valence electrons. The lowest BCUT2D eigenvalue weighted by atomic mass is 9.94. The van der Waals surface area contributed by atoms with Crippen LogP contribution < -0.4 is 14.2 Å². The highest BCUT2D eigenvalue weighted by Crippen LogP contribution is 2.49. The van der Waals surface area contributed by atoms with Crippen molar-refractivity contribution in [2.75, 3.05) is 20.8 Å². The lowest BCUT2D eigenvalue weighted by Gasteiger charge is -2.23. The molecule has 58 heavy (non-hydrogen) atoms. The van der Waals surface area contributed by atoms with Crippen LogP contribution in [0.3, 0.4) is 0 Å². The van der Waals surface area contributed by atoms with Gasteiger partial charge in [0.15, 0.2) is 5.82 Å². The summed E-state index contributed by atoms with van der Waals surface area (Å²) in [5.41, 5.74) is 7.39. The summed E-state index contributed by atoms with van der Waals surface area (Å²) in [7, 11) is 3.65. The molecule has 5 heterocycles. The van der Waals surface area contributed by atoms with Gasteiger partial charge in [-0.05, 0) is 90.7 Å². The standard InChI is InChI=1S/C45H39ClFN5O5S/c1-5-55-45(53)37-21-30-20-27(10-17-35(30)56-24-32-18-19-48-42(51-32)34-8-6-7-9-36(34)54-4)22-52(3)23-29-13-16-33(26(2)40(29)46)38-39-43(57-37)49-25-50-44(39)58-41(38)28-11-14-31(47)15-12-28/h6-20,25,37H,5,21-24H2,1-4H3/t37-/m1/s1. The first-order chi connectivity index (χ1) is 28.2. The van der Waals surface area contributed by atoms with Gasteiger partial charge < -0.3 is 18.9 Å². The molecule has 0 saturated carbocycles. The molecule has 10 nitrogen and oxygen atoms in total. The van der Waals surface area contributed by atoms with Crippen LogP contribution in [0.15, 0.2) is 97.5 Å². The minimum absolute atomic E-state index is 0.107. The molecule has 1 atom stereocenters. The minimum atomic E-state index is -1.12. The highest BCUT2D eigenvalue weighted by molar-refractivity contribution is 7.22. The molecule has 7 aromatic rings. The molecular formula is C45H39ClFN5O5S. The number of thiophene rings is 1. The van der Waals surface area contributed by atoms with Crippen molar-refractivity contribution in [2.45, 2.75) is 46.1 Å². The number of esters is 1. The van der Waals surface area contributed by atoms with Crippen LogP contribution in [0.1, 0.15) is 34.9 Å². The number of nitrogens with zero attached hydrogens (tertiary/aromatic N) is 5. The molecule has 0 saturated heterocycles. The van der Waals surface area contributed by atoms with E-state index in [1.54, 1.807) is 38.4 Å². The Hall–Kier alpha value is -5.95. The first kappa shape index (κ1) is 38.9. The molecule has 2 aliphatic rings. The number of rotatable bonds is 8. The van der Waals surface area contributed by atoms with E-state index in [1.807, 2.05) is 68.6 Å². The SMILES string of the molecule is CCOC(=O)[C@H]1Cc2cc(ccc2OCc2ccnc(-c3ccccc3OC)n2)CN(C)Cc2ccc(c(C)c2Cl)-c2c(-c3ccc(F)cc3)sc3ncnc(c23)O1. The van der Waals surface area contributed by atoms with Gasteiger partial charge in [0.2, 0.25) is 12.0 Å². The van der Waals surface area contributed by atoms with Crippen molar-refractivity contribution in [3.8, 4) is 50.3 Å². The van der Waals surface area contributed by atoms with Gasteiger partial charge in [-0.1, -0.05) is 60.1 Å². The smallest absolute Gasteiger partial charge is 0.347 e. The second-order valence-electron chi connectivity index (χ2n) is 13.9. The largest absolute Gasteiger partial charge is 0.496 e. The predicted molar refractivity (Wildman–Crippen MR) is 223 cm³/mol. The highest BCUT2D eigenvalue weighted by Gasteiger charge is 2.30. The predicted octanol–water partition coefficient (Wildman–Crippen LogP) is 9.67. The molecule has 0 unspecified atom stereocenters. The lowest BCUT2D eigenvalue weighted by Crippen LogP contribution is -2.32. The second-order valence-corrected chi connectivity index (χ2v) is 15.3. The number of aromatic nitrogens is 4. The van der Waals surface area contributed by atoms with Crippen LogP contribution in [0, 0.1) is 12.7 Å². The third-order valence-corrected chi connectivity index (χ3v) is 11.6. The van der Waals surface area contributed by atoms with Crippen LogP contribution in [-0.4, -0.2) is 57.7 Å². The number of carbonyl (C=O) groups excluding carboxylic acids is 1. The molecule has 0 N–H and O–H groups in total. The van der Waals surface area contributed by atoms with Gasteiger partial charge in [0.05, 0.1) is 30.4 Å². The van der Waals surface area contributed by atoms with Crippen molar-refractivity contribution in [2.24, 2.45) is 0 Å². The summed E-state index contributed by atoms with van der Waals surface area (Å²) in [6.07, 6.45) is 2.10. The van der Waals surface area contributed by atoms with Crippen LogP contribution in [-0.2, 0) is 35.6 Å². The fourth-order valence-corrected chi connectivity index (χ4v) is 8.59. The van der Waals surface area contributed by atoms with Crippen molar-refractivity contribution in [3.05, 3.63) is 136 Å². The Labute approximate surface area is 344 Å². The number of para-hydroxylation sites is 1. The van der Waals surface area contributed by atoms with E-state index in [4.69, 9.17) is 35.5 Å². The maximum absolute atomic E-state index is 14.2. The molecule has 3 aromatic heterocycles. The number of methoxy groups -OCH3 is 1. The van der Waals surface area contributed by atoms with E-state index < -0.39 is 12.1 Å². The second kappa shape index (κ2) is 16.9. The average molecular weight is 816 g/mol. The first-order valence-electron chi connectivity index (χ1n) is 18.7. The van der Waals surface area contributed by atoms with Gasteiger partial charge >= 0.3 is 5.97 Å². The van der Waals surface area contributed by atoms with Gasteiger partial charge in [0.25, 0.3) is 0 Å². The zero-order valence-corrected chi connectivity index (χ0v) is 33.9. The van der Waals surface area contributed by atoms with Gasteiger partial charge in [-0.25, -0.2) is 29.1 Å². The van der Waals surface area contributed by atoms with E-state index in [9.17, 15) is 9.18 Å². The van der Waals surface area contributed by atoms with Crippen molar-refractivity contribution < 1.29 is 28.1 Å². The van der Waals surface area contributed by atoms with E-state index >= 15 is 0 Å². The van der Waals surface area contributed by atoms with E-state index in [2.05, 4.69) is 19.9 Å². The Balaban J connectivity index is 1.23. The van der Waals surface area contributed by atoms with E-state index in [0.717, 1.165) is 49.4 Å². The summed E-state index contributed by atoms with van der Waals surface area (Å²) in [4.78, 5) is 36.0. The Morgan fingerprint density at radius 2 is 1.79 bits per heavy atom. The van der Waals surface area contributed by atoms with Crippen molar-refractivity contribution in [1.82, 2.24) is 24.8 Å². The van der Waals surface area contributed by atoms with Crippen molar-refractivity contribution in [3.63, 3.8) is 0 Å². The number of hydrogen-bond donors (Lipinski definition) is 0. The molecule has 0 fully saturated rings. The molecule has 4 bridgehead atoms. The van der Waals surface area contributed by atoms with Crippen LogP contribution >= 0.6 is 22.9 Å². The molecule has 0 radical (unpaired) electrons. The summed E-state index contributed by atoms with van der Waals surface area (Å²) in [6, 6.07) is 25.7. The number of carbonyl (C=O) groups is 1. The number of hydrogen-bond acceptors (Lipinski definition) is 11. The number of fused-ring (bicyclic) bond motifs is 6. The van der Waals surface area contributed by atoms with Crippen LogP contribution in [0.5, 0.6) is 17.4 Å². The van der Waals surface area contributed by atoms with Gasteiger partial charge in [-0.3, -0.25) is 4.90 Å². The molecule has 2 aliphatic heterocycles. The van der Waals surface area contributed by atoms with Crippen molar-refractivity contribution in [1.29, 1.82) is 0 Å². The number of benzene rings is 4. The molecule has 0 amide bonds. The van der Waals surface area contributed by atoms with E-state index in [0.29, 0.717) is 51.3 Å². The summed E-state index contributed by atoms with van der Waals surface area (Å²) in [6.45, 7) is 5.18. The fourth-order valence-electron chi connectivity index (χ4n) is 7.21. The lowest BCUT2D eigenvalue weighted by molar-refractivity contribution is -0.151. The fraction of sp³-hybridized carbons (Fsp3) is 0.222. The molecule has 9 rings (SSSR count). The van der Waals surface area contributed by atoms with Crippen LogP contribution in [0.25, 0.3) is 43.2 Å². The minimum Gasteiger partial charge on any atom is -0.496 e. The summed E-state index contributed by atoms with van der Waals surface area (Å²) in [5.74, 6) is 1.04. The Morgan fingerprint density at radius 3 is 2.60 bits per heavy atom.